The van der Waals surface area contributed by atoms with Gasteiger partial charge >= 0.3 is 0 Å². The minimum atomic E-state index is -0.323. The van der Waals surface area contributed by atoms with Crippen LogP contribution in [0.25, 0.3) is 16.8 Å². The predicted molar refractivity (Wildman–Crippen MR) is 111 cm³/mol. The highest BCUT2D eigenvalue weighted by Gasteiger charge is 2.24. The Morgan fingerprint density at radius 1 is 1.21 bits per heavy atom. The zero-order valence-corrected chi connectivity index (χ0v) is 16.9. The molecule has 0 aliphatic heterocycles. The number of nitrogens with one attached hydrogen (secondary N) is 2. The molecule has 29 heavy (non-hydrogen) atoms. The molecular weight excluding hydrogens is 364 g/mol. The number of amides is 1. The zero-order valence-electron chi connectivity index (χ0n) is 16.9. The number of furan rings is 1. The lowest BCUT2D eigenvalue weighted by atomic mass is 10.0. The van der Waals surface area contributed by atoms with Crippen molar-refractivity contribution in [1.29, 1.82) is 5.26 Å². The molecule has 0 saturated heterocycles. The monoisotopic (exact) mass is 386 g/mol. The summed E-state index contributed by atoms with van der Waals surface area (Å²) in [6.07, 6.45) is 3.56. The van der Waals surface area contributed by atoms with Crippen LogP contribution in [0.4, 0.5) is 0 Å². The number of hydrogen-bond acceptors (Lipinski definition) is 3. The number of nitrogens with zero attached hydrogens (tertiary/aromatic N) is 2. The van der Waals surface area contributed by atoms with Crippen LogP contribution in [0, 0.1) is 39.0 Å². The van der Waals surface area contributed by atoms with Gasteiger partial charge in [0.15, 0.2) is 0 Å². The summed E-state index contributed by atoms with van der Waals surface area (Å²) < 4.78 is 7.43. The summed E-state index contributed by atoms with van der Waals surface area (Å²) in [4.78, 5) is 16.4. The Hall–Kier alpha value is -3.72. The molecule has 3 aromatic heterocycles. The zero-order chi connectivity index (χ0) is 20.7. The highest BCUT2D eigenvalue weighted by Crippen LogP contribution is 2.27. The molecule has 6 heteroatoms. The van der Waals surface area contributed by atoms with Gasteiger partial charge in [-0.2, -0.15) is 5.26 Å². The van der Waals surface area contributed by atoms with E-state index >= 15 is 0 Å². The summed E-state index contributed by atoms with van der Waals surface area (Å²) in [7, 11) is 0. The molecule has 0 atom stereocenters. The molecule has 3 heterocycles. The number of fused-ring (bicyclic) bond motifs is 1. The van der Waals surface area contributed by atoms with Crippen molar-refractivity contribution in [3.63, 3.8) is 0 Å². The van der Waals surface area contributed by atoms with Gasteiger partial charge in [0, 0.05) is 30.0 Å². The van der Waals surface area contributed by atoms with Crippen molar-refractivity contribution in [2.75, 3.05) is 0 Å². The molecule has 0 bridgehead atoms. The number of rotatable bonds is 4. The fourth-order valence-electron chi connectivity index (χ4n) is 3.75. The minimum Gasteiger partial charge on any atom is -0.443 e. The van der Waals surface area contributed by atoms with Crippen LogP contribution < -0.4 is 5.32 Å². The van der Waals surface area contributed by atoms with E-state index in [2.05, 4.69) is 35.4 Å². The van der Waals surface area contributed by atoms with Crippen molar-refractivity contribution >= 4 is 16.8 Å². The van der Waals surface area contributed by atoms with Gasteiger partial charge < -0.3 is 14.7 Å². The molecule has 1 aromatic carbocycles. The van der Waals surface area contributed by atoms with E-state index < -0.39 is 0 Å². The van der Waals surface area contributed by atoms with Crippen molar-refractivity contribution in [2.24, 2.45) is 0 Å². The Kier molecular flexibility index (Phi) is 4.51. The normalized spacial score (nSPS) is 11.0. The number of nitriles is 1. The van der Waals surface area contributed by atoms with E-state index in [0.717, 1.165) is 22.3 Å². The van der Waals surface area contributed by atoms with Gasteiger partial charge in [-0.1, -0.05) is 11.6 Å². The van der Waals surface area contributed by atoms with E-state index in [1.807, 2.05) is 26.0 Å². The van der Waals surface area contributed by atoms with E-state index in [1.165, 1.54) is 10.9 Å². The standard InChI is InChI=1S/C23H22N4O2/c1-13-9-17(21-18(10-13)14(2)15(3)26-21)12-25-22(28)20-16(4)29-23(19(20)11-24)27-7-5-6-8-27/h5-10,26H,12H2,1-4H3,(H,25,28). The Labute approximate surface area is 168 Å². The van der Waals surface area contributed by atoms with Crippen molar-refractivity contribution in [3.05, 3.63) is 75.9 Å². The first-order valence-corrected chi connectivity index (χ1v) is 9.44. The number of aromatic amines is 1. The molecule has 4 aromatic rings. The summed E-state index contributed by atoms with van der Waals surface area (Å²) in [6.45, 7) is 8.23. The molecule has 1 amide bonds. The second-order valence-corrected chi connectivity index (χ2v) is 7.32. The Bertz CT molecular complexity index is 1270. The molecule has 146 valence electrons. The molecular formula is C23H22N4O2. The fourth-order valence-corrected chi connectivity index (χ4v) is 3.75. The Morgan fingerprint density at radius 3 is 2.62 bits per heavy atom. The molecule has 4 rings (SSSR count). The van der Waals surface area contributed by atoms with Crippen molar-refractivity contribution in [1.82, 2.24) is 14.9 Å². The summed E-state index contributed by atoms with van der Waals surface area (Å²) in [5.74, 6) is 0.452. The third kappa shape index (κ3) is 3.11. The van der Waals surface area contributed by atoms with Gasteiger partial charge in [0.1, 0.15) is 23.0 Å². The van der Waals surface area contributed by atoms with Crippen LogP contribution >= 0.6 is 0 Å². The number of carbonyl (C=O) groups is 1. The van der Waals surface area contributed by atoms with E-state index in [9.17, 15) is 10.1 Å². The lowest BCUT2D eigenvalue weighted by Gasteiger charge is -2.08. The lowest BCUT2D eigenvalue weighted by Crippen LogP contribution is -2.24. The predicted octanol–water partition coefficient (Wildman–Crippen LogP) is 4.59. The number of hydrogen-bond donors (Lipinski definition) is 2. The van der Waals surface area contributed by atoms with Gasteiger partial charge in [0.2, 0.25) is 5.88 Å². The van der Waals surface area contributed by atoms with Crippen molar-refractivity contribution in [2.45, 2.75) is 34.2 Å². The third-order valence-corrected chi connectivity index (χ3v) is 5.33. The van der Waals surface area contributed by atoms with E-state index in [-0.39, 0.29) is 17.0 Å². The van der Waals surface area contributed by atoms with Crippen LogP contribution in [0.2, 0.25) is 0 Å². The molecule has 0 fully saturated rings. The smallest absolute Gasteiger partial charge is 0.256 e. The van der Waals surface area contributed by atoms with Crippen LogP contribution in [0.5, 0.6) is 0 Å². The second-order valence-electron chi connectivity index (χ2n) is 7.32. The average molecular weight is 386 g/mol. The van der Waals surface area contributed by atoms with E-state index in [4.69, 9.17) is 4.42 Å². The van der Waals surface area contributed by atoms with Gasteiger partial charge in [0.05, 0.1) is 5.52 Å². The molecule has 0 unspecified atom stereocenters. The van der Waals surface area contributed by atoms with E-state index in [1.54, 1.807) is 23.9 Å². The average Bonchev–Trinajstić information content (AvgIpc) is 3.39. The molecule has 6 nitrogen and oxygen atoms in total. The summed E-state index contributed by atoms with van der Waals surface area (Å²) >= 11 is 0. The molecule has 0 saturated carbocycles. The van der Waals surface area contributed by atoms with Crippen molar-refractivity contribution < 1.29 is 9.21 Å². The molecule has 0 aliphatic rings. The second kappa shape index (κ2) is 7.02. The van der Waals surface area contributed by atoms with Crippen LogP contribution in [-0.2, 0) is 6.54 Å². The maximum Gasteiger partial charge on any atom is 0.256 e. The first-order valence-electron chi connectivity index (χ1n) is 9.44. The minimum absolute atomic E-state index is 0.233. The fraction of sp³-hybridized carbons (Fsp3) is 0.217. The maximum atomic E-state index is 13.0. The third-order valence-electron chi connectivity index (χ3n) is 5.33. The van der Waals surface area contributed by atoms with Gasteiger partial charge in [-0.05, 0) is 57.0 Å². The highest BCUT2D eigenvalue weighted by molar-refractivity contribution is 5.99. The van der Waals surface area contributed by atoms with Crippen LogP contribution in [0.1, 0.15) is 44.1 Å². The van der Waals surface area contributed by atoms with E-state index in [0.29, 0.717) is 18.2 Å². The van der Waals surface area contributed by atoms with Crippen LogP contribution in [-0.4, -0.2) is 15.5 Å². The van der Waals surface area contributed by atoms with Gasteiger partial charge in [-0.15, -0.1) is 0 Å². The summed E-state index contributed by atoms with van der Waals surface area (Å²) in [6, 6.07) is 10.0. The number of H-pyrrole nitrogens is 1. The number of aromatic nitrogens is 2. The molecule has 2 N–H and O–H groups in total. The van der Waals surface area contributed by atoms with Crippen LogP contribution in [0.15, 0.2) is 41.1 Å². The summed E-state index contributed by atoms with van der Waals surface area (Å²) in [5.41, 5.74) is 6.02. The Morgan fingerprint density at radius 2 is 1.93 bits per heavy atom. The molecule has 0 aliphatic carbocycles. The van der Waals surface area contributed by atoms with Gasteiger partial charge in [-0.25, -0.2) is 0 Å². The molecule has 0 spiro atoms. The number of carbonyl (C=O) groups excluding carboxylic acids is 1. The van der Waals surface area contributed by atoms with Crippen LogP contribution in [0.3, 0.4) is 0 Å². The lowest BCUT2D eigenvalue weighted by molar-refractivity contribution is 0.0949. The largest absolute Gasteiger partial charge is 0.443 e. The van der Waals surface area contributed by atoms with Crippen molar-refractivity contribution in [3.8, 4) is 12.0 Å². The highest BCUT2D eigenvalue weighted by atomic mass is 16.4. The van der Waals surface area contributed by atoms with Gasteiger partial charge in [-0.3, -0.25) is 9.36 Å². The Balaban J connectivity index is 1.66. The first-order chi connectivity index (χ1) is 13.9. The summed E-state index contributed by atoms with van der Waals surface area (Å²) in [5, 5.41) is 13.8. The quantitative estimate of drug-likeness (QED) is 0.538. The maximum absolute atomic E-state index is 13.0. The number of benzene rings is 1. The van der Waals surface area contributed by atoms with Gasteiger partial charge in [0.25, 0.3) is 5.91 Å². The first kappa shape index (κ1) is 18.6. The number of aryl methyl sites for hydroxylation is 4. The topological polar surface area (TPSA) is 86.8 Å². The SMILES string of the molecule is Cc1cc(CNC(=O)c2c(C)oc(-n3cccc3)c2C#N)c2[nH]c(C)c(C)c2c1. The molecule has 0 radical (unpaired) electrons.